The van der Waals surface area contributed by atoms with Crippen LogP contribution in [0.2, 0.25) is 0 Å². The second-order valence-electron chi connectivity index (χ2n) is 5.98. The maximum atomic E-state index is 6.17. The molecule has 0 amide bonds. The SMILES string of the molecule is Brc1ccc(-c2ccc3ccc4c5ccccc5oc4c3c2)cc1.CC. The third-order valence-corrected chi connectivity index (χ3v) is 5.07. The van der Waals surface area contributed by atoms with Gasteiger partial charge in [-0.25, -0.2) is 0 Å². The number of halogens is 1. The summed E-state index contributed by atoms with van der Waals surface area (Å²) in [5, 5.41) is 4.70. The zero-order valence-corrected chi connectivity index (χ0v) is 16.4. The van der Waals surface area contributed by atoms with Gasteiger partial charge in [0.05, 0.1) is 0 Å². The Morgan fingerprint density at radius 3 is 2.15 bits per heavy atom. The van der Waals surface area contributed by atoms with Gasteiger partial charge in [-0.3, -0.25) is 0 Å². The predicted octanol–water partition coefficient (Wildman–Crippen LogP) is 8.19. The Kier molecular flexibility index (Phi) is 4.52. The zero-order chi connectivity index (χ0) is 18.1. The van der Waals surface area contributed by atoms with Gasteiger partial charge in [-0.2, -0.15) is 0 Å². The van der Waals surface area contributed by atoms with E-state index in [1.165, 1.54) is 27.3 Å². The lowest BCUT2D eigenvalue weighted by Crippen LogP contribution is -1.80. The molecule has 0 fully saturated rings. The summed E-state index contributed by atoms with van der Waals surface area (Å²) in [6, 6.07) is 27.5. The number of para-hydroxylation sites is 1. The lowest BCUT2D eigenvalue weighted by Gasteiger charge is -2.05. The van der Waals surface area contributed by atoms with E-state index in [0.717, 1.165) is 21.0 Å². The van der Waals surface area contributed by atoms with E-state index in [9.17, 15) is 0 Å². The van der Waals surface area contributed by atoms with Crippen LogP contribution in [0.1, 0.15) is 13.8 Å². The fraction of sp³-hybridized carbons (Fsp3) is 0.0833. The summed E-state index contributed by atoms with van der Waals surface area (Å²) in [6.07, 6.45) is 0. The molecule has 128 valence electrons. The highest BCUT2D eigenvalue weighted by Crippen LogP contribution is 2.35. The van der Waals surface area contributed by atoms with Crippen LogP contribution in [0.25, 0.3) is 43.8 Å². The summed E-state index contributed by atoms with van der Waals surface area (Å²) in [5.41, 5.74) is 4.30. The van der Waals surface area contributed by atoms with E-state index in [2.05, 4.69) is 82.7 Å². The molecule has 5 rings (SSSR count). The molecule has 0 unspecified atom stereocenters. The van der Waals surface area contributed by atoms with Crippen molar-refractivity contribution >= 4 is 48.6 Å². The highest BCUT2D eigenvalue weighted by atomic mass is 79.9. The summed E-state index contributed by atoms with van der Waals surface area (Å²) in [4.78, 5) is 0. The Morgan fingerprint density at radius 2 is 1.35 bits per heavy atom. The Balaban J connectivity index is 0.000000814. The fourth-order valence-corrected chi connectivity index (χ4v) is 3.59. The van der Waals surface area contributed by atoms with Crippen LogP contribution in [0, 0.1) is 0 Å². The number of benzene rings is 4. The van der Waals surface area contributed by atoms with E-state index in [4.69, 9.17) is 4.42 Å². The molecular formula is C24H19BrO. The maximum Gasteiger partial charge on any atom is 0.143 e. The number of furan rings is 1. The summed E-state index contributed by atoms with van der Waals surface area (Å²) >= 11 is 3.49. The van der Waals surface area contributed by atoms with Crippen LogP contribution in [-0.2, 0) is 0 Å². The lowest BCUT2D eigenvalue weighted by molar-refractivity contribution is 0.672. The Morgan fingerprint density at radius 1 is 0.654 bits per heavy atom. The molecule has 0 bridgehead atoms. The van der Waals surface area contributed by atoms with Gasteiger partial charge in [0.25, 0.3) is 0 Å². The first-order valence-electron chi connectivity index (χ1n) is 8.89. The summed E-state index contributed by atoms with van der Waals surface area (Å²) in [7, 11) is 0. The van der Waals surface area contributed by atoms with Gasteiger partial charge in [0, 0.05) is 20.6 Å². The molecule has 0 saturated carbocycles. The number of fused-ring (bicyclic) bond motifs is 5. The van der Waals surface area contributed by atoms with Crippen molar-refractivity contribution in [2.45, 2.75) is 13.8 Å². The van der Waals surface area contributed by atoms with Crippen molar-refractivity contribution in [1.29, 1.82) is 0 Å². The minimum atomic E-state index is 0.939. The second-order valence-corrected chi connectivity index (χ2v) is 6.90. The maximum absolute atomic E-state index is 6.17. The van der Waals surface area contributed by atoms with Gasteiger partial charge in [0.2, 0.25) is 0 Å². The zero-order valence-electron chi connectivity index (χ0n) is 14.8. The molecule has 26 heavy (non-hydrogen) atoms. The van der Waals surface area contributed by atoms with Crippen molar-refractivity contribution < 1.29 is 4.42 Å². The minimum absolute atomic E-state index is 0.939. The third-order valence-electron chi connectivity index (χ3n) is 4.54. The summed E-state index contributed by atoms with van der Waals surface area (Å²) in [6.45, 7) is 4.00. The van der Waals surface area contributed by atoms with Crippen molar-refractivity contribution in [3.8, 4) is 11.1 Å². The molecular weight excluding hydrogens is 384 g/mol. The van der Waals surface area contributed by atoms with E-state index in [1.807, 2.05) is 26.0 Å². The fourth-order valence-electron chi connectivity index (χ4n) is 3.32. The van der Waals surface area contributed by atoms with Gasteiger partial charge >= 0.3 is 0 Å². The van der Waals surface area contributed by atoms with Crippen LogP contribution in [-0.4, -0.2) is 0 Å². The molecule has 1 heterocycles. The van der Waals surface area contributed by atoms with Crippen LogP contribution < -0.4 is 0 Å². The largest absolute Gasteiger partial charge is 0.455 e. The molecule has 5 aromatic rings. The monoisotopic (exact) mass is 402 g/mol. The summed E-state index contributed by atoms with van der Waals surface area (Å²) in [5.74, 6) is 0. The van der Waals surface area contributed by atoms with Crippen LogP contribution in [0.4, 0.5) is 0 Å². The van der Waals surface area contributed by atoms with E-state index >= 15 is 0 Å². The van der Waals surface area contributed by atoms with Crippen LogP contribution >= 0.6 is 15.9 Å². The standard InChI is InChI=1S/C22H13BrO.C2H6/c23-17-10-7-14(8-11-17)16-6-5-15-9-12-19-18-3-1-2-4-21(18)24-22(19)20(15)13-16;1-2/h1-13H;1-2H3. The lowest BCUT2D eigenvalue weighted by atomic mass is 9.99. The normalized spacial score (nSPS) is 10.9. The highest BCUT2D eigenvalue weighted by molar-refractivity contribution is 9.10. The molecule has 0 spiro atoms. The topological polar surface area (TPSA) is 13.1 Å². The van der Waals surface area contributed by atoms with E-state index in [0.29, 0.717) is 0 Å². The first-order valence-corrected chi connectivity index (χ1v) is 9.69. The molecule has 0 saturated heterocycles. The van der Waals surface area contributed by atoms with Crippen LogP contribution in [0.15, 0.2) is 87.8 Å². The Bertz CT molecular complexity index is 1200. The molecule has 2 heteroatoms. The Hall–Kier alpha value is -2.58. The van der Waals surface area contributed by atoms with Gasteiger partial charge in [-0.15, -0.1) is 0 Å². The number of rotatable bonds is 1. The number of hydrogen-bond acceptors (Lipinski definition) is 1. The highest BCUT2D eigenvalue weighted by Gasteiger charge is 2.10. The van der Waals surface area contributed by atoms with Crippen molar-refractivity contribution in [2.75, 3.05) is 0 Å². The molecule has 0 aliphatic heterocycles. The van der Waals surface area contributed by atoms with Gasteiger partial charge in [0.1, 0.15) is 11.2 Å². The van der Waals surface area contributed by atoms with Crippen LogP contribution in [0.5, 0.6) is 0 Å². The van der Waals surface area contributed by atoms with Gasteiger partial charge in [-0.1, -0.05) is 78.3 Å². The first-order chi connectivity index (χ1) is 12.8. The molecule has 1 aromatic heterocycles. The molecule has 0 atom stereocenters. The molecule has 0 radical (unpaired) electrons. The van der Waals surface area contributed by atoms with E-state index in [-0.39, 0.29) is 0 Å². The van der Waals surface area contributed by atoms with E-state index in [1.54, 1.807) is 0 Å². The second kappa shape index (κ2) is 6.97. The first kappa shape index (κ1) is 16.9. The molecule has 1 nitrogen and oxygen atoms in total. The molecule has 4 aromatic carbocycles. The average molecular weight is 403 g/mol. The van der Waals surface area contributed by atoms with Crippen molar-refractivity contribution in [3.63, 3.8) is 0 Å². The van der Waals surface area contributed by atoms with Crippen molar-refractivity contribution in [1.82, 2.24) is 0 Å². The molecule has 0 N–H and O–H groups in total. The average Bonchev–Trinajstić information content (AvgIpc) is 3.09. The van der Waals surface area contributed by atoms with Crippen LogP contribution in [0.3, 0.4) is 0 Å². The Labute approximate surface area is 161 Å². The summed E-state index contributed by atoms with van der Waals surface area (Å²) < 4.78 is 7.26. The quantitative estimate of drug-likeness (QED) is 0.275. The van der Waals surface area contributed by atoms with Crippen molar-refractivity contribution in [2.24, 2.45) is 0 Å². The predicted molar refractivity (Wildman–Crippen MR) is 116 cm³/mol. The van der Waals surface area contributed by atoms with Crippen molar-refractivity contribution in [3.05, 3.63) is 83.3 Å². The molecule has 0 aliphatic rings. The van der Waals surface area contributed by atoms with E-state index < -0.39 is 0 Å². The van der Waals surface area contributed by atoms with Gasteiger partial charge in [-0.05, 0) is 46.8 Å². The van der Waals surface area contributed by atoms with Gasteiger partial charge < -0.3 is 4.42 Å². The van der Waals surface area contributed by atoms with Gasteiger partial charge in [0.15, 0.2) is 0 Å². The number of hydrogen-bond donors (Lipinski definition) is 0. The minimum Gasteiger partial charge on any atom is -0.455 e. The smallest absolute Gasteiger partial charge is 0.143 e. The molecule has 0 aliphatic carbocycles. The third kappa shape index (κ3) is 2.81.